The van der Waals surface area contributed by atoms with Crippen molar-refractivity contribution in [2.45, 2.75) is 19.5 Å². The summed E-state index contributed by atoms with van der Waals surface area (Å²) in [6, 6.07) is 11.7. The average molecular weight is 338 g/mol. The van der Waals surface area contributed by atoms with Crippen LogP contribution in [0.1, 0.15) is 34.8 Å². The molecular weight excluding hydrogens is 322 g/mol. The third-order valence-electron chi connectivity index (χ3n) is 2.98. The van der Waals surface area contributed by atoms with Crippen LogP contribution in [0.5, 0.6) is 0 Å². The second-order valence-corrected chi connectivity index (χ2v) is 5.33. The van der Waals surface area contributed by atoms with Gasteiger partial charge in [-0.15, -0.1) is 0 Å². The first-order valence-electron chi connectivity index (χ1n) is 6.26. The van der Waals surface area contributed by atoms with E-state index in [4.69, 9.17) is 4.42 Å². The fraction of sp³-hybridized carbons (Fsp3) is 0.267. The summed E-state index contributed by atoms with van der Waals surface area (Å²) in [4.78, 5) is 11.3. The summed E-state index contributed by atoms with van der Waals surface area (Å²) in [5, 5.41) is 3.35. The molecule has 2 aromatic rings. The zero-order valence-corrected chi connectivity index (χ0v) is 12.9. The van der Waals surface area contributed by atoms with Crippen molar-refractivity contribution in [1.82, 2.24) is 5.32 Å². The number of methoxy groups -OCH3 is 1. The van der Waals surface area contributed by atoms with Crippen LogP contribution in [0.15, 0.2) is 45.3 Å². The minimum absolute atomic E-state index is 0.180. The summed E-state index contributed by atoms with van der Waals surface area (Å²) in [6.07, 6.45) is 0. The lowest BCUT2D eigenvalue weighted by Gasteiger charge is -2.13. The minimum atomic E-state index is -0.462. The van der Waals surface area contributed by atoms with Gasteiger partial charge in [0.15, 0.2) is 0 Å². The van der Waals surface area contributed by atoms with Gasteiger partial charge in [0, 0.05) is 10.5 Å². The highest BCUT2D eigenvalue weighted by Crippen LogP contribution is 2.18. The van der Waals surface area contributed by atoms with Crippen molar-refractivity contribution in [1.29, 1.82) is 0 Å². The lowest BCUT2D eigenvalue weighted by Crippen LogP contribution is -2.17. The number of carbonyl (C=O) groups excluding carboxylic acids is 1. The third-order valence-corrected chi connectivity index (χ3v) is 3.47. The molecule has 20 heavy (non-hydrogen) atoms. The number of hydrogen-bond donors (Lipinski definition) is 1. The topological polar surface area (TPSA) is 51.5 Å². The van der Waals surface area contributed by atoms with E-state index in [1.807, 2.05) is 12.1 Å². The minimum Gasteiger partial charge on any atom is -0.463 e. The van der Waals surface area contributed by atoms with E-state index in [-0.39, 0.29) is 11.8 Å². The van der Waals surface area contributed by atoms with E-state index >= 15 is 0 Å². The predicted molar refractivity (Wildman–Crippen MR) is 79.4 cm³/mol. The van der Waals surface area contributed by atoms with Gasteiger partial charge in [0.2, 0.25) is 5.76 Å². The Hall–Kier alpha value is -1.59. The van der Waals surface area contributed by atoms with Crippen LogP contribution < -0.4 is 5.32 Å². The summed E-state index contributed by atoms with van der Waals surface area (Å²) in [5.74, 6) is 0.461. The molecule has 0 unspecified atom stereocenters. The molecule has 1 aromatic carbocycles. The number of rotatable bonds is 5. The molecule has 0 aliphatic carbocycles. The Labute approximate surface area is 126 Å². The quantitative estimate of drug-likeness (QED) is 0.845. The van der Waals surface area contributed by atoms with Gasteiger partial charge in [-0.1, -0.05) is 28.1 Å². The van der Waals surface area contributed by atoms with Crippen molar-refractivity contribution in [2.75, 3.05) is 7.11 Å². The maximum Gasteiger partial charge on any atom is 0.373 e. The molecular formula is C15H16BrNO3. The maximum atomic E-state index is 11.3. The molecule has 4 nitrogen and oxygen atoms in total. The average Bonchev–Trinajstić information content (AvgIpc) is 2.92. The van der Waals surface area contributed by atoms with Gasteiger partial charge in [-0.2, -0.15) is 0 Å². The van der Waals surface area contributed by atoms with E-state index in [0.29, 0.717) is 12.3 Å². The second-order valence-electron chi connectivity index (χ2n) is 4.42. The Morgan fingerprint density at radius 3 is 2.90 bits per heavy atom. The van der Waals surface area contributed by atoms with Crippen molar-refractivity contribution >= 4 is 21.9 Å². The van der Waals surface area contributed by atoms with Gasteiger partial charge < -0.3 is 14.5 Å². The predicted octanol–water partition coefficient (Wildman–Crippen LogP) is 3.68. The number of nitrogens with one attached hydrogen (secondary N) is 1. The molecule has 0 radical (unpaired) electrons. The Morgan fingerprint density at radius 2 is 2.20 bits per heavy atom. The molecule has 1 atom stereocenters. The first-order valence-corrected chi connectivity index (χ1v) is 7.05. The summed E-state index contributed by atoms with van der Waals surface area (Å²) >= 11 is 3.46. The lowest BCUT2D eigenvalue weighted by molar-refractivity contribution is 0.0563. The lowest BCUT2D eigenvalue weighted by atomic mass is 10.1. The Kier molecular flexibility index (Phi) is 4.98. The summed E-state index contributed by atoms with van der Waals surface area (Å²) in [6.45, 7) is 2.62. The molecule has 0 bridgehead atoms. The fourth-order valence-corrected chi connectivity index (χ4v) is 2.25. The monoisotopic (exact) mass is 337 g/mol. The summed E-state index contributed by atoms with van der Waals surface area (Å²) in [7, 11) is 1.33. The molecule has 0 saturated carbocycles. The zero-order valence-electron chi connectivity index (χ0n) is 11.4. The van der Waals surface area contributed by atoms with E-state index in [0.717, 1.165) is 4.47 Å². The molecule has 1 aromatic heterocycles. The van der Waals surface area contributed by atoms with Crippen LogP contribution in [-0.2, 0) is 11.3 Å². The van der Waals surface area contributed by atoms with Crippen molar-refractivity contribution in [3.8, 4) is 0 Å². The SMILES string of the molecule is COC(=O)c1ccc(CN[C@@H](C)c2cccc(Br)c2)o1. The molecule has 1 heterocycles. The van der Waals surface area contributed by atoms with Gasteiger partial charge in [0.25, 0.3) is 0 Å². The number of furan rings is 1. The fourth-order valence-electron chi connectivity index (χ4n) is 1.83. The molecule has 5 heteroatoms. The molecule has 106 valence electrons. The van der Waals surface area contributed by atoms with Crippen LogP contribution in [0.2, 0.25) is 0 Å². The van der Waals surface area contributed by atoms with E-state index in [1.165, 1.54) is 12.7 Å². The smallest absolute Gasteiger partial charge is 0.373 e. The van der Waals surface area contributed by atoms with Crippen molar-refractivity contribution in [3.05, 3.63) is 58.0 Å². The van der Waals surface area contributed by atoms with Crippen molar-refractivity contribution in [3.63, 3.8) is 0 Å². The highest BCUT2D eigenvalue weighted by atomic mass is 79.9. The largest absolute Gasteiger partial charge is 0.463 e. The molecule has 0 aliphatic rings. The van der Waals surface area contributed by atoms with E-state index in [9.17, 15) is 4.79 Å². The standard InChI is InChI=1S/C15H16BrNO3/c1-10(11-4-3-5-12(16)8-11)17-9-13-6-7-14(20-13)15(18)19-2/h3-8,10,17H,9H2,1-2H3/t10-/m0/s1. The molecule has 0 spiro atoms. The Balaban J connectivity index is 1.95. The second kappa shape index (κ2) is 6.72. The van der Waals surface area contributed by atoms with Gasteiger partial charge >= 0.3 is 5.97 Å². The van der Waals surface area contributed by atoms with E-state index < -0.39 is 5.97 Å². The van der Waals surface area contributed by atoms with Crippen LogP contribution >= 0.6 is 15.9 Å². The maximum absolute atomic E-state index is 11.3. The first kappa shape index (κ1) is 14.8. The highest BCUT2D eigenvalue weighted by molar-refractivity contribution is 9.10. The van der Waals surface area contributed by atoms with Crippen LogP contribution in [0, 0.1) is 0 Å². The van der Waals surface area contributed by atoms with Gasteiger partial charge in [-0.25, -0.2) is 4.79 Å². The van der Waals surface area contributed by atoms with Crippen molar-refractivity contribution < 1.29 is 13.9 Å². The Bertz CT molecular complexity index is 594. The van der Waals surface area contributed by atoms with Gasteiger partial charge in [-0.3, -0.25) is 0 Å². The van der Waals surface area contributed by atoms with Crippen LogP contribution in [-0.4, -0.2) is 13.1 Å². The van der Waals surface area contributed by atoms with Gasteiger partial charge in [0.05, 0.1) is 13.7 Å². The Morgan fingerprint density at radius 1 is 1.40 bits per heavy atom. The zero-order chi connectivity index (χ0) is 14.5. The molecule has 0 amide bonds. The highest BCUT2D eigenvalue weighted by Gasteiger charge is 2.12. The van der Waals surface area contributed by atoms with Gasteiger partial charge in [-0.05, 0) is 36.8 Å². The van der Waals surface area contributed by atoms with E-state index in [1.54, 1.807) is 12.1 Å². The molecule has 0 saturated heterocycles. The molecule has 1 N–H and O–H groups in total. The van der Waals surface area contributed by atoms with Crippen LogP contribution in [0.4, 0.5) is 0 Å². The number of carbonyl (C=O) groups is 1. The van der Waals surface area contributed by atoms with Gasteiger partial charge in [0.1, 0.15) is 5.76 Å². The van der Waals surface area contributed by atoms with E-state index in [2.05, 4.69) is 45.0 Å². The summed E-state index contributed by atoms with van der Waals surface area (Å²) in [5.41, 5.74) is 1.18. The number of esters is 1. The number of benzene rings is 1. The van der Waals surface area contributed by atoms with Crippen LogP contribution in [0.3, 0.4) is 0 Å². The normalized spacial score (nSPS) is 12.2. The van der Waals surface area contributed by atoms with Crippen LogP contribution in [0.25, 0.3) is 0 Å². The molecule has 0 fully saturated rings. The molecule has 0 aliphatic heterocycles. The summed E-state index contributed by atoms with van der Waals surface area (Å²) < 4.78 is 11.0. The number of hydrogen-bond acceptors (Lipinski definition) is 4. The molecule has 2 rings (SSSR count). The first-order chi connectivity index (χ1) is 9.60. The third kappa shape index (κ3) is 3.71. The number of ether oxygens (including phenoxy) is 1. The number of halogens is 1. The van der Waals surface area contributed by atoms with Crippen molar-refractivity contribution in [2.24, 2.45) is 0 Å².